The van der Waals surface area contributed by atoms with Gasteiger partial charge in [-0.25, -0.2) is 8.42 Å². The lowest BCUT2D eigenvalue weighted by molar-refractivity contribution is -0.141. The lowest BCUT2D eigenvalue weighted by Gasteiger charge is -2.35. The number of hydrogen-bond donors (Lipinski definition) is 1. The average molecular weight is 557 g/mol. The first kappa shape index (κ1) is 29.9. The van der Waals surface area contributed by atoms with Gasteiger partial charge in [0.1, 0.15) is 12.6 Å². The maximum absolute atomic E-state index is 13.8. The third kappa shape index (κ3) is 7.85. The van der Waals surface area contributed by atoms with Crippen molar-refractivity contribution in [3.8, 4) is 0 Å². The molecule has 1 atom stereocenters. The third-order valence-electron chi connectivity index (χ3n) is 5.57. The molecule has 0 bridgehead atoms. The maximum Gasteiger partial charge on any atom is 0.244 e. The molecule has 10 heteroatoms. The molecule has 1 unspecified atom stereocenters. The van der Waals surface area contributed by atoms with E-state index in [1.807, 2.05) is 33.8 Å². The second-order valence-electron chi connectivity index (χ2n) is 9.94. The molecular weight excluding hydrogens is 521 g/mol. The molecule has 2 rings (SSSR count). The van der Waals surface area contributed by atoms with E-state index >= 15 is 0 Å². The maximum atomic E-state index is 13.8. The summed E-state index contributed by atoms with van der Waals surface area (Å²) < 4.78 is 26.6. The van der Waals surface area contributed by atoms with Gasteiger partial charge in [0.15, 0.2) is 0 Å². The van der Waals surface area contributed by atoms with Gasteiger partial charge in [-0.15, -0.1) is 0 Å². The Hall–Kier alpha value is -2.29. The van der Waals surface area contributed by atoms with Crippen LogP contribution in [0.25, 0.3) is 0 Å². The lowest BCUT2D eigenvalue weighted by Crippen LogP contribution is -2.55. The Balaban J connectivity index is 2.56. The molecule has 2 amide bonds. The van der Waals surface area contributed by atoms with Gasteiger partial charge >= 0.3 is 0 Å². The molecule has 1 N–H and O–H groups in total. The van der Waals surface area contributed by atoms with Crippen LogP contribution in [0.3, 0.4) is 0 Å². The van der Waals surface area contributed by atoms with E-state index in [1.165, 1.54) is 4.90 Å². The van der Waals surface area contributed by atoms with Crippen LogP contribution in [-0.2, 0) is 26.2 Å². The van der Waals surface area contributed by atoms with E-state index in [2.05, 4.69) is 5.32 Å². The smallest absolute Gasteiger partial charge is 0.244 e. The fraction of sp³-hybridized carbons (Fsp3) is 0.462. The first-order valence-electron chi connectivity index (χ1n) is 11.6. The number of rotatable bonds is 9. The largest absolute Gasteiger partial charge is 0.350 e. The van der Waals surface area contributed by atoms with Crippen molar-refractivity contribution in [3.63, 3.8) is 0 Å². The van der Waals surface area contributed by atoms with Gasteiger partial charge in [0.2, 0.25) is 21.8 Å². The number of nitrogens with zero attached hydrogens (tertiary/aromatic N) is 2. The normalized spacial score (nSPS) is 12.7. The Morgan fingerprint density at radius 2 is 1.64 bits per heavy atom. The molecule has 7 nitrogen and oxygen atoms in total. The van der Waals surface area contributed by atoms with Gasteiger partial charge in [-0.1, -0.05) is 53.9 Å². The van der Waals surface area contributed by atoms with Crippen molar-refractivity contribution in [2.24, 2.45) is 0 Å². The van der Waals surface area contributed by atoms with E-state index in [0.717, 1.165) is 16.1 Å². The van der Waals surface area contributed by atoms with E-state index in [1.54, 1.807) is 44.2 Å². The number of benzene rings is 2. The molecular formula is C26H35Cl2N3O4S. The van der Waals surface area contributed by atoms with Crippen molar-refractivity contribution in [3.05, 3.63) is 63.1 Å². The van der Waals surface area contributed by atoms with Gasteiger partial charge in [-0.3, -0.25) is 13.9 Å². The zero-order valence-corrected chi connectivity index (χ0v) is 24.2. The minimum Gasteiger partial charge on any atom is -0.350 e. The van der Waals surface area contributed by atoms with E-state index in [0.29, 0.717) is 33.3 Å². The molecule has 0 fully saturated rings. The Bertz CT molecular complexity index is 1210. The van der Waals surface area contributed by atoms with Gasteiger partial charge in [-0.05, 0) is 64.8 Å². The fourth-order valence-corrected chi connectivity index (χ4v) is 5.33. The van der Waals surface area contributed by atoms with Crippen LogP contribution in [0.5, 0.6) is 0 Å². The Morgan fingerprint density at radius 1 is 1.06 bits per heavy atom. The second kappa shape index (κ2) is 11.8. The minimum absolute atomic E-state index is 0.0576. The van der Waals surface area contributed by atoms with Gasteiger partial charge < -0.3 is 10.2 Å². The van der Waals surface area contributed by atoms with E-state index in [-0.39, 0.29) is 12.5 Å². The summed E-state index contributed by atoms with van der Waals surface area (Å²) >= 11 is 12.8. The molecule has 0 heterocycles. The molecule has 0 aromatic heterocycles. The Morgan fingerprint density at radius 3 is 2.11 bits per heavy atom. The summed E-state index contributed by atoms with van der Waals surface area (Å²) in [5.41, 5.74) is 2.04. The average Bonchev–Trinajstić information content (AvgIpc) is 2.72. The summed E-state index contributed by atoms with van der Waals surface area (Å²) in [6.07, 6.45) is 1.36. The monoisotopic (exact) mass is 555 g/mol. The molecule has 0 spiro atoms. The van der Waals surface area contributed by atoms with Gasteiger partial charge in [0.25, 0.3) is 0 Å². The summed E-state index contributed by atoms with van der Waals surface area (Å²) in [6, 6.07) is 9.45. The number of sulfonamides is 1. The van der Waals surface area contributed by atoms with Crippen molar-refractivity contribution < 1.29 is 18.0 Å². The molecule has 0 aliphatic rings. The zero-order chi connectivity index (χ0) is 27.4. The van der Waals surface area contributed by atoms with Gasteiger partial charge in [0.05, 0.1) is 11.9 Å². The Kier molecular flexibility index (Phi) is 9.84. The van der Waals surface area contributed by atoms with Crippen LogP contribution >= 0.6 is 23.2 Å². The zero-order valence-electron chi connectivity index (χ0n) is 21.9. The molecule has 0 radical (unpaired) electrons. The topological polar surface area (TPSA) is 86.8 Å². The van der Waals surface area contributed by atoms with E-state index in [4.69, 9.17) is 23.2 Å². The number of nitrogens with one attached hydrogen (secondary N) is 1. The molecule has 0 aliphatic carbocycles. The highest BCUT2D eigenvalue weighted by molar-refractivity contribution is 7.92. The predicted octanol–water partition coefficient (Wildman–Crippen LogP) is 5.10. The quantitative estimate of drug-likeness (QED) is 0.466. The highest BCUT2D eigenvalue weighted by Gasteiger charge is 2.34. The number of halogens is 2. The molecule has 2 aromatic rings. The number of anilines is 1. The summed E-state index contributed by atoms with van der Waals surface area (Å²) in [4.78, 5) is 28.4. The molecule has 2 aromatic carbocycles. The number of hydrogen-bond acceptors (Lipinski definition) is 4. The first-order valence-corrected chi connectivity index (χ1v) is 14.2. The first-order chi connectivity index (χ1) is 16.5. The predicted molar refractivity (Wildman–Crippen MR) is 147 cm³/mol. The van der Waals surface area contributed by atoms with Crippen molar-refractivity contribution in [2.75, 3.05) is 17.1 Å². The summed E-state index contributed by atoms with van der Waals surface area (Å²) in [5.74, 6) is -0.897. The van der Waals surface area contributed by atoms with Crippen LogP contribution in [0.1, 0.15) is 50.8 Å². The molecule has 36 heavy (non-hydrogen) atoms. The lowest BCUT2D eigenvalue weighted by atomic mass is 10.1. The molecule has 0 saturated heterocycles. The van der Waals surface area contributed by atoms with Crippen LogP contribution in [0.15, 0.2) is 36.4 Å². The minimum atomic E-state index is -3.82. The second-order valence-corrected chi connectivity index (χ2v) is 12.7. The Labute approximate surface area is 224 Å². The molecule has 0 saturated carbocycles. The SMILES string of the molecule is CCC(C(=O)NC(C)(C)C)N(Cc1c(Cl)cccc1Cl)C(=O)CN(c1ccc(C)cc1C)S(C)(=O)=O. The van der Waals surface area contributed by atoms with Crippen molar-refractivity contribution >= 4 is 50.7 Å². The summed E-state index contributed by atoms with van der Waals surface area (Å²) in [6.45, 7) is 10.5. The molecule has 0 aliphatic heterocycles. The van der Waals surface area contributed by atoms with Crippen LogP contribution in [0.2, 0.25) is 10.0 Å². The number of aryl methyl sites for hydroxylation is 2. The van der Waals surface area contributed by atoms with Gasteiger partial charge in [-0.2, -0.15) is 0 Å². The standard InChI is InChI=1S/C26H35Cl2N3O4S/c1-8-22(25(33)29-26(4,5)6)30(15-19-20(27)10-9-11-21(19)28)24(32)16-31(36(7,34)35)23-13-12-17(2)14-18(23)3/h9-14,22H,8,15-16H2,1-7H3,(H,29,33). The van der Waals surface area contributed by atoms with Crippen molar-refractivity contribution in [2.45, 2.75) is 66.1 Å². The number of carbonyl (C=O) groups is 2. The highest BCUT2D eigenvalue weighted by atomic mass is 35.5. The molecule has 198 valence electrons. The third-order valence-corrected chi connectivity index (χ3v) is 7.41. The fourth-order valence-electron chi connectivity index (χ4n) is 3.91. The van der Waals surface area contributed by atoms with Crippen LogP contribution in [0, 0.1) is 13.8 Å². The van der Waals surface area contributed by atoms with Crippen molar-refractivity contribution in [1.82, 2.24) is 10.2 Å². The highest BCUT2D eigenvalue weighted by Crippen LogP contribution is 2.28. The van der Waals surface area contributed by atoms with E-state index < -0.39 is 34.1 Å². The number of amides is 2. The number of carbonyl (C=O) groups excluding carboxylic acids is 2. The summed E-state index contributed by atoms with van der Waals surface area (Å²) in [5, 5.41) is 3.62. The summed E-state index contributed by atoms with van der Waals surface area (Å²) in [7, 11) is -3.82. The van der Waals surface area contributed by atoms with E-state index in [9.17, 15) is 18.0 Å². The van der Waals surface area contributed by atoms with Crippen molar-refractivity contribution in [1.29, 1.82) is 0 Å². The van der Waals surface area contributed by atoms with Crippen LogP contribution in [-0.4, -0.2) is 49.5 Å². The van der Waals surface area contributed by atoms with Crippen LogP contribution < -0.4 is 9.62 Å². The van der Waals surface area contributed by atoms with Crippen LogP contribution in [0.4, 0.5) is 5.69 Å². The van der Waals surface area contributed by atoms with Gasteiger partial charge in [0, 0.05) is 27.7 Å².